The summed E-state index contributed by atoms with van der Waals surface area (Å²) in [6, 6.07) is 6.83. The molecule has 1 saturated carbocycles. The molecule has 1 heterocycles. The van der Waals surface area contributed by atoms with E-state index in [1.807, 2.05) is 0 Å². The lowest BCUT2D eigenvalue weighted by atomic mass is 9.77. The van der Waals surface area contributed by atoms with Crippen molar-refractivity contribution in [2.75, 3.05) is 0 Å². The van der Waals surface area contributed by atoms with Gasteiger partial charge in [-0.1, -0.05) is 31.4 Å². The number of rotatable bonds is 1. The first kappa shape index (κ1) is 12.7. The molecule has 0 aliphatic heterocycles. The summed E-state index contributed by atoms with van der Waals surface area (Å²) in [7, 11) is 2.15. The number of nitrogens with two attached hydrogens (primary N) is 1. The van der Waals surface area contributed by atoms with Crippen molar-refractivity contribution in [1.29, 1.82) is 0 Å². The molecular weight excluding hydrogens is 232 g/mol. The SMILES string of the molecule is Cc1c(C)n(C)c2cc(C3(N)CCCCC3)ccc12. The molecule has 0 unspecified atom stereocenters. The highest BCUT2D eigenvalue weighted by molar-refractivity contribution is 5.86. The van der Waals surface area contributed by atoms with Gasteiger partial charge in [-0.15, -0.1) is 0 Å². The van der Waals surface area contributed by atoms with E-state index in [2.05, 4.69) is 43.7 Å². The zero-order valence-electron chi connectivity index (χ0n) is 12.3. The minimum absolute atomic E-state index is 0.0987. The van der Waals surface area contributed by atoms with Crippen molar-refractivity contribution in [3.63, 3.8) is 0 Å². The maximum Gasteiger partial charge on any atom is 0.0486 e. The average molecular weight is 256 g/mol. The second kappa shape index (κ2) is 4.38. The summed E-state index contributed by atoms with van der Waals surface area (Å²) in [5.74, 6) is 0. The number of fused-ring (bicyclic) bond motifs is 1. The van der Waals surface area contributed by atoms with Gasteiger partial charge in [-0.2, -0.15) is 0 Å². The van der Waals surface area contributed by atoms with E-state index >= 15 is 0 Å². The monoisotopic (exact) mass is 256 g/mol. The van der Waals surface area contributed by atoms with Crippen LogP contribution >= 0.6 is 0 Å². The highest BCUT2D eigenvalue weighted by atomic mass is 14.9. The first-order valence-corrected chi connectivity index (χ1v) is 7.38. The Labute approximate surface area is 115 Å². The molecule has 0 spiro atoms. The predicted molar refractivity (Wildman–Crippen MR) is 81.3 cm³/mol. The molecule has 1 fully saturated rings. The van der Waals surface area contributed by atoms with E-state index in [0.29, 0.717) is 0 Å². The van der Waals surface area contributed by atoms with Crippen molar-refractivity contribution >= 4 is 10.9 Å². The molecule has 19 heavy (non-hydrogen) atoms. The third-order valence-electron chi connectivity index (χ3n) is 5.13. The van der Waals surface area contributed by atoms with E-state index in [4.69, 9.17) is 5.73 Å². The number of hydrogen-bond acceptors (Lipinski definition) is 1. The summed E-state index contributed by atoms with van der Waals surface area (Å²) >= 11 is 0. The van der Waals surface area contributed by atoms with Crippen LogP contribution in [0.2, 0.25) is 0 Å². The van der Waals surface area contributed by atoms with Crippen molar-refractivity contribution < 1.29 is 0 Å². The van der Waals surface area contributed by atoms with Crippen molar-refractivity contribution in [2.24, 2.45) is 12.8 Å². The van der Waals surface area contributed by atoms with Crippen LogP contribution in [0.5, 0.6) is 0 Å². The van der Waals surface area contributed by atoms with Crippen LogP contribution in [0, 0.1) is 13.8 Å². The predicted octanol–water partition coefficient (Wildman–Crippen LogP) is 3.91. The van der Waals surface area contributed by atoms with Crippen LogP contribution in [0.1, 0.15) is 48.9 Å². The van der Waals surface area contributed by atoms with Crippen LogP contribution in [0.3, 0.4) is 0 Å². The quantitative estimate of drug-likeness (QED) is 0.824. The fourth-order valence-electron chi connectivity index (χ4n) is 3.53. The van der Waals surface area contributed by atoms with E-state index in [9.17, 15) is 0 Å². The molecule has 0 atom stereocenters. The second-order valence-corrected chi connectivity index (χ2v) is 6.22. The molecule has 0 amide bonds. The molecule has 1 aromatic heterocycles. The Morgan fingerprint density at radius 1 is 1.11 bits per heavy atom. The number of benzene rings is 1. The second-order valence-electron chi connectivity index (χ2n) is 6.22. The lowest BCUT2D eigenvalue weighted by Gasteiger charge is -2.34. The third-order valence-corrected chi connectivity index (χ3v) is 5.13. The van der Waals surface area contributed by atoms with Crippen molar-refractivity contribution in [1.82, 2.24) is 4.57 Å². The van der Waals surface area contributed by atoms with Crippen LogP contribution in [0.4, 0.5) is 0 Å². The minimum Gasteiger partial charge on any atom is -0.348 e. The van der Waals surface area contributed by atoms with Crippen LogP contribution < -0.4 is 5.73 Å². The molecule has 0 radical (unpaired) electrons. The fraction of sp³-hybridized carbons (Fsp3) is 0.529. The lowest BCUT2D eigenvalue weighted by Crippen LogP contribution is -2.38. The molecule has 2 heteroatoms. The van der Waals surface area contributed by atoms with E-state index in [0.717, 1.165) is 12.8 Å². The van der Waals surface area contributed by atoms with E-state index < -0.39 is 0 Å². The topological polar surface area (TPSA) is 30.9 Å². The highest BCUT2D eigenvalue weighted by Gasteiger charge is 2.29. The normalized spacial score (nSPS) is 18.9. The molecular formula is C17H24N2. The Hall–Kier alpha value is -1.28. The van der Waals surface area contributed by atoms with Gasteiger partial charge in [-0.05, 0) is 43.9 Å². The Morgan fingerprint density at radius 3 is 2.47 bits per heavy atom. The van der Waals surface area contributed by atoms with Crippen molar-refractivity contribution in [2.45, 2.75) is 51.5 Å². The Bertz CT molecular complexity index is 616. The van der Waals surface area contributed by atoms with Gasteiger partial charge in [0.05, 0.1) is 0 Å². The van der Waals surface area contributed by atoms with Gasteiger partial charge >= 0.3 is 0 Å². The first-order chi connectivity index (χ1) is 9.03. The van der Waals surface area contributed by atoms with Crippen molar-refractivity contribution in [3.05, 3.63) is 35.0 Å². The highest BCUT2D eigenvalue weighted by Crippen LogP contribution is 2.36. The molecule has 1 aromatic carbocycles. The molecule has 0 bridgehead atoms. The standard InChI is InChI=1S/C17H24N2/c1-12-13(2)19(3)16-11-14(7-8-15(12)16)17(18)9-5-4-6-10-17/h7-8,11H,4-6,9-10,18H2,1-3H3. The van der Waals surface area contributed by atoms with Gasteiger partial charge < -0.3 is 10.3 Å². The van der Waals surface area contributed by atoms with Gasteiger partial charge in [0.15, 0.2) is 0 Å². The number of nitrogens with zero attached hydrogens (tertiary/aromatic N) is 1. The molecule has 0 saturated heterocycles. The Balaban J connectivity index is 2.13. The Morgan fingerprint density at radius 2 is 1.79 bits per heavy atom. The fourth-order valence-corrected chi connectivity index (χ4v) is 3.53. The largest absolute Gasteiger partial charge is 0.348 e. The zero-order chi connectivity index (χ0) is 13.6. The van der Waals surface area contributed by atoms with Crippen LogP contribution in [0.15, 0.2) is 18.2 Å². The number of aryl methyl sites for hydroxylation is 2. The lowest BCUT2D eigenvalue weighted by molar-refractivity contribution is 0.302. The molecule has 2 N–H and O–H groups in total. The Kier molecular flexibility index (Phi) is 2.94. The van der Waals surface area contributed by atoms with Crippen LogP contribution in [-0.4, -0.2) is 4.57 Å². The number of aromatic nitrogens is 1. The summed E-state index contributed by atoms with van der Waals surface area (Å²) in [5, 5.41) is 1.36. The summed E-state index contributed by atoms with van der Waals surface area (Å²) in [6.07, 6.45) is 6.12. The van der Waals surface area contributed by atoms with Crippen molar-refractivity contribution in [3.8, 4) is 0 Å². The van der Waals surface area contributed by atoms with Gasteiger partial charge in [-0.25, -0.2) is 0 Å². The van der Waals surface area contributed by atoms with E-state index in [1.165, 1.54) is 47.0 Å². The van der Waals surface area contributed by atoms with Crippen LogP contribution in [-0.2, 0) is 12.6 Å². The van der Waals surface area contributed by atoms with Gasteiger partial charge in [0, 0.05) is 29.2 Å². The van der Waals surface area contributed by atoms with Gasteiger partial charge in [0.25, 0.3) is 0 Å². The molecule has 3 rings (SSSR count). The van der Waals surface area contributed by atoms with Crippen LogP contribution in [0.25, 0.3) is 10.9 Å². The molecule has 1 aliphatic rings. The average Bonchev–Trinajstić information content (AvgIpc) is 2.64. The summed E-state index contributed by atoms with van der Waals surface area (Å²) in [5.41, 5.74) is 11.9. The summed E-state index contributed by atoms with van der Waals surface area (Å²) < 4.78 is 2.29. The maximum atomic E-state index is 6.66. The van der Waals surface area contributed by atoms with Gasteiger partial charge in [0.1, 0.15) is 0 Å². The summed E-state index contributed by atoms with van der Waals surface area (Å²) in [6.45, 7) is 4.39. The molecule has 102 valence electrons. The molecule has 1 aliphatic carbocycles. The van der Waals surface area contributed by atoms with E-state index in [-0.39, 0.29) is 5.54 Å². The smallest absolute Gasteiger partial charge is 0.0486 e. The van der Waals surface area contributed by atoms with Gasteiger partial charge in [0.2, 0.25) is 0 Å². The zero-order valence-corrected chi connectivity index (χ0v) is 12.3. The third kappa shape index (κ3) is 1.90. The summed E-state index contributed by atoms with van der Waals surface area (Å²) in [4.78, 5) is 0. The minimum atomic E-state index is -0.0987. The first-order valence-electron chi connectivity index (χ1n) is 7.38. The molecule has 2 nitrogen and oxygen atoms in total. The van der Waals surface area contributed by atoms with Gasteiger partial charge in [-0.3, -0.25) is 0 Å². The van der Waals surface area contributed by atoms with E-state index in [1.54, 1.807) is 0 Å². The molecule has 2 aromatic rings. The number of hydrogen-bond donors (Lipinski definition) is 1. The maximum absolute atomic E-state index is 6.66.